The molecular weight excluding hydrogens is 448 g/mol. The first kappa shape index (κ1) is 32.6. The normalized spacial score (nSPS) is 13.3. The number of ketones is 1. The number of unbranched alkanes of at least 4 members (excludes halogenated alkanes) is 5. The van der Waals surface area contributed by atoms with E-state index in [0.29, 0.717) is 32.2 Å². The summed E-state index contributed by atoms with van der Waals surface area (Å²) in [7, 11) is 1.29. The zero-order valence-electron chi connectivity index (χ0n) is 22.4. The van der Waals surface area contributed by atoms with Crippen LogP contribution in [0.1, 0.15) is 97.8 Å². The summed E-state index contributed by atoms with van der Waals surface area (Å²) >= 11 is 0. The molecule has 0 bridgehead atoms. The molecule has 202 valence electrons. The lowest BCUT2D eigenvalue weighted by atomic mass is 9.88. The molecule has 0 rings (SSSR count). The quantitative estimate of drug-likeness (QED) is 0.130. The molecule has 0 aromatic rings. The Labute approximate surface area is 212 Å². The van der Waals surface area contributed by atoms with Crippen LogP contribution in [0.2, 0.25) is 0 Å². The molecule has 2 N–H and O–H groups in total. The number of carbonyl (C=O) groups excluding carboxylic acids is 4. The molecule has 0 aromatic carbocycles. The second kappa shape index (κ2) is 20.9. The fourth-order valence-electron chi connectivity index (χ4n) is 3.80. The van der Waals surface area contributed by atoms with Crippen LogP contribution in [-0.4, -0.2) is 50.1 Å². The first-order chi connectivity index (χ1) is 16.8. The summed E-state index contributed by atoms with van der Waals surface area (Å²) in [6.45, 7) is 10.2. The Morgan fingerprint density at radius 3 is 2.14 bits per heavy atom. The van der Waals surface area contributed by atoms with E-state index < -0.39 is 24.0 Å². The summed E-state index contributed by atoms with van der Waals surface area (Å²) in [5.74, 6) is -1.18. The number of nitrogens with one attached hydrogen (secondary N) is 2. The van der Waals surface area contributed by atoms with Crippen molar-refractivity contribution in [3.63, 3.8) is 0 Å². The second-order valence-corrected chi connectivity index (χ2v) is 9.15. The van der Waals surface area contributed by atoms with Gasteiger partial charge in [-0.1, -0.05) is 72.0 Å². The lowest BCUT2D eigenvalue weighted by molar-refractivity contribution is -0.146. The van der Waals surface area contributed by atoms with E-state index in [1.165, 1.54) is 13.2 Å². The van der Waals surface area contributed by atoms with E-state index >= 15 is 0 Å². The molecular formula is C27H48N2O6. The second-order valence-electron chi connectivity index (χ2n) is 9.15. The van der Waals surface area contributed by atoms with Crippen LogP contribution < -0.4 is 10.6 Å². The van der Waals surface area contributed by atoms with Gasteiger partial charge in [0.05, 0.1) is 7.11 Å². The van der Waals surface area contributed by atoms with Crippen molar-refractivity contribution in [2.75, 3.05) is 20.3 Å². The van der Waals surface area contributed by atoms with Gasteiger partial charge in [-0.05, 0) is 32.1 Å². The van der Waals surface area contributed by atoms with Gasteiger partial charge in [0, 0.05) is 24.8 Å². The van der Waals surface area contributed by atoms with E-state index in [0.717, 1.165) is 44.9 Å². The smallest absolute Gasteiger partial charge is 0.407 e. The predicted octanol–water partition coefficient (Wildman–Crippen LogP) is 5.10. The van der Waals surface area contributed by atoms with Crippen LogP contribution in [0.25, 0.3) is 0 Å². The van der Waals surface area contributed by atoms with Crippen molar-refractivity contribution in [1.82, 2.24) is 10.6 Å². The summed E-state index contributed by atoms with van der Waals surface area (Å²) in [5.41, 5.74) is 0. The van der Waals surface area contributed by atoms with Crippen LogP contribution >= 0.6 is 0 Å². The third-order valence-electron chi connectivity index (χ3n) is 6.09. The van der Waals surface area contributed by atoms with E-state index in [9.17, 15) is 19.2 Å². The Morgan fingerprint density at radius 1 is 0.914 bits per heavy atom. The molecule has 0 aromatic heterocycles. The average Bonchev–Trinajstić information content (AvgIpc) is 2.85. The average molecular weight is 497 g/mol. The first-order valence-electron chi connectivity index (χ1n) is 13.2. The number of rotatable bonds is 21. The molecule has 0 fully saturated rings. The van der Waals surface area contributed by atoms with Crippen LogP contribution in [0.3, 0.4) is 0 Å². The van der Waals surface area contributed by atoms with Gasteiger partial charge in [-0.25, -0.2) is 9.59 Å². The zero-order valence-corrected chi connectivity index (χ0v) is 22.4. The molecule has 35 heavy (non-hydrogen) atoms. The van der Waals surface area contributed by atoms with Crippen molar-refractivity contribution >= 4 is 23.8 Å². The lowest BCUT2D eigenvalue weighted by Crippen LogP contribution is -2.45. The number of esters is 1. The van der Waals surface area contributed by atoms with E-state index in [4.69, 9.17) is 9.47 Å². The van der Waals surface area contributed by atoms with Crippen molar-refractivity contribution < 1.29 is 28.7 Å². The molecule has 8 heteroatoms. The molecule has 0 saturated heterocycles. The third kappa shape index (κ3) is 16.0. The topological polar surface area (TPSA) is 111 Å². The molecule has 0 unspecified atom stereocenters. The maximum Gasteiger partial charge on any atom is 0.407 e. The molecule has 0 radical (unpaired) electrons. The Hall–Kier alpha value is -2.38. The number of carbonyl (C=O) groups is 4. The van der Waals surface area contributed by atoms with Gasteiger partial charge in [-0.15, -0.1) is 0 Å². The first-order valence-corrected chi connectivity index (χ1v) is 13.2. The highest BCUT2D eigenvalue weighted by molar-refractivity contribution is 5.90. The van der Waals surface area contributed by atoms with Crippen LogP contribution in [0.5, 0.6) is 0 Å². The number of Topliss-reactive ketones (excluding diaryl/α,β-unsaturated/α-hetero) is 1. The number of amides is 2. The largest absolute Gasteiger partial charge is 0.467 e. The van der Waals surface area contributed by atoms with Crippen LogP contribution in [-0.2, 0) is 23.9 Å². The van der Waals surface area contributed by atoms with Gasteiger partial charge >= 0.3 is 12.1 Å². The van der Waals surface area contributed by atoms with Crippen molar-refractivity contribution in [3.8, 4) is 0 Å². The van der Waals surface area contributed by atoms with Gasteiger partial charge in [-0.2, -0.15) is 0 Å². The zero-order chi connectivity index (χ0) is 26.5. The van der Waals surface area contributed by atoms with Crippen LogP contribution in [0.15, 0.2) is 12.7 Å². The highest BCUT2D eigenvalue weighted by Gasteiger charge is 2.28. The minimum atomic E-state index is -0.786. The molecule has 2 amide bonds. The third-order valence-corrected chi connectivity index (χ3v) is 6.09. The molecule has 0 aliphatic rings. The van der Waals surface area contributed by atoms with Gasteiger partial charge in [0.1, 0.15) is 18.4 Å². The Balaban J connectivity index is 4.90. The Morgan fingerprint density at radius 2 is 1.54 bits per heavy atom. The molecule has 0 spiro atoms. The Kier molecular flexibility index (Phi) is 19.5. The summed E-state index contributed by atoms with van der Waals surface area (Å²) in [6.07, 6.45) is 10.3. The van der Waals surface area contributed by atoms with Crippen molar-refractivity contribution in [3.05, 3.63) is 12.7 Å². The minimum Gasteiger partial charge on any atom is -0.467 e. The molecule has 0 aliphatic carbocycles. The maximum absolute atomic E-state index is 13.1. The number of hydrogen-bond acceptors (Lipinski definition) is 6. The molecule has 0 heterocycles. The van der Waals surface area contributed by atoms with Gasteiger partial charge in [-0.3, -0.25) is 9.59 Å². The monoisotopic (exact) mass is 496 g/mol. The highest BCUT2D eigenvalue weighted by atomic mass is 16.5. The fourth-order valence-corrected chi connectivity index (χ4v) is 3.80. The summed E-state index contributed by atoms with van der Waals surface area (Å²) in [6, 6.07) is -0.786. The SMILES string of the molecule is C=CCOC(=O)NCCCC[C@H](NC(=O)[C@H](CCCCC)CC(=O)[C@@H](C)CCCCC)C(=O)OC. The van der Waals surface area contributed by atoms with Crippen molar-refractivity contribution in [2.45, 2.75) is 104 Å². The van der Waals surface area contributed by atoms with Crippen LogP contribution in [0, 0.1) is 11.8 Å². The lowest BCUT2D eigenvalue weighted by Gasteiger charge is -2.22. The van der Waals surface area contributed by atoms with E-state index in [2.05, 4.69) is 31.1 Å². The minimum absolute atomic E-state index is 0.0647. The van der Waals surface area contributed by atoms with Gasteiger partial charge in [0.2, 0.25) is 5.91 Å². The molecule has 8 nitrogen and oxygen atoms in total. The highest BCUT2D eigenvalue weighted by Crippen LogP contribution is 2.20. The summed E-state index contributed by atoms with van der Waals surface area (Å²) < 4.78 is 9.73. The van der Waals surface area contributed by atoms with E-state index in [1.807, 2.05) is 6.92 Å². The van der Waals surface area contributed by atoms with Crippen LogP contribution in [0.4, 0.5) is 4.79 Å². The number of ether oxygens (including phenoxy) is 2. The molecule has 0 saturated carbocycles. The van der Waals surface area contributed by atoms with Crippen molar-refractivity contribution in [1.29, 1.82) is 0 Å². The molecule has 3 atom stereocenters. The summed E-state index contributed by atoms with van der Waals surface area (Å²) in [4.78, 5) is 49.7. The van der Waals surface area contributed by atoms with E-state index in [1.54, 1.807) is 0 Å². The maximum atomic E-state index is 13.1. The number of alkyl carbamates (subject to hydrolysis) is 1. The van der Waals surface area contributed by atoms with E-state index in [-0.39, 0.29) is 30.6 Å². The predicted molar refractivity (Wildman–Crippen MR) is 138 cm³/mol. The fraction of sp³-hybridized carbons (Fsp3) is 0.778. The number of hydrogen-bond donors (Lipinski definition) is 2. The standard InChI is InChI=1S/C27H48N2O6/c1-6-9-11-15-21(4)24(30)20-22(16-12-10-7-2)25(31)29-23(26(32)34-5)17-13-14-18-28-27(33)35-19-8-3/h8,21-23H,3,6-7,9-20H2,1-2,4-5H3,(H,28,33)(H,29,31)/t21-,22+,23-/m0/s1. The summed E-state index contributed by atoms with van der Waals surface area (Å²) in [5, 5.41) is 5.45. The van der Waals surface area contributed by atoms with Gasteiger partial charge in [0.15, 0.2) is 0 Å². The van der Waals surface area contributed by atoms with Gasteiger partial charge in [0.25, 0.3) is 0 Å². The number of methoxy groups -OCH3 is 1. The molecule has 0 aliphatic heterocycles. The van der Waals surface area contributed by atoms with Crippen molar-refractivity contribution in [2.24, 2.45) is 11.8 Å². The Bertz CT molecular complexity index is 637. The van der Waals surface area contributed by atoms with Gasteiger partial charge < -0.3 is 20.1 Å².